The number of hydrogen-bond donors (Lipinski definition) is 1. The minimum atomic E-state index is -1.02. The molecule has 3 aromatic heterocycles. The Morgan fingerprint density at radius 3 is 2.11 bits per heavy atom. The van der Waals surface area contributed by atoms with Crippen molar-refractivity contribution in [2.75, 3.05) is 64.4 Å². The van der Waals surface area contributed by atoms with Gasteiger partial charge in [-0.2, -0.15) is 4.98 Å². The summed E-state index contributed by atoms with van der Waals surface area (Å²) in [5.74, 6) is 3.90. The fraction of sp³-hybridized carbons (Fsp3) is 0.463. The molecule has 1 atom stereocenters. The summed E-state index contributed by atoms with van der Waals surface area (Å²) >= 11 is 0. The van der Waals surface area contributed by atoms with Crippen LogP contribution in [-0.2, 0) is 13.1 Å². The molecule has 0 bridgehead atoms. The van der Waals surface area contributed by atoms with Gasteiger partial charge in [0.25, 0.3) is 0 Å². The van der Waals surface area contributed by atoms with Crippen LogP contribution in [0.15, 0.2) is 67.0 Å². The van der Waals surface area contributed by atoms with Crippen molar-refractivity contribution in [1.29, 1.82) is 0 Å². The van der Waals surface area contributed by atoms with Gasteiger partial charge in [-0.3, -0.25) is 0 Å². The van der Waals surface area contributed by atoms with Gasteiger partial charge in [0.2, 0.25) is 0 Å². The number of fused-ring (bicyclic) bond motifs is 1. The minimum Gasteiger partial charge on any atom is -0.497 e. The van der Waals surface area contributed by atoms with Gasteiger partial charge in [-0.25, -0.2) is 14.5 Å². The molecule has 0 amide bonds. The third-order valence-corrected chi connectivity index (χ3v) is 10.0. The highest BCUT2D eigenvalue weighted by atomic mass is 16.5. The lowest BCUT2D eigenvalue weighted by molar-refractivity contribution is 0.211. The molecule has 1 aliphatic heterocycles. The molecule has 6 rings (SSSR count). The molecule has 12 nitrogen and oxygen atoms in total. The van der Waals surface area contributed by atoms with Crippen LogP contribution in [0, 0.1) is 12.8 Å². The molecule has 1 saturated heterocycles. The van der Waals surface area contributed by atoms with Crippen molar-refractivity contribution in [3.8, 4) is 17.5 Å². The van der Waals surface area contributed by atoms with Gasteiger partial charge in [-0.15, -0.1) is 5.10 Å². The smallest absolute Gasteiger partial charge is 0.336 e. The number of aliphatic hydroxyl groups is 1. The van der Waals surface area contributed by atoms with Crippen molar-refractivity contribution >= 4 is 17.3 Å². The fourth-order valence-corrected chi connectivity index (χ4v) is 6.86. The first kappa shape index (κ1) is 37.8. The number of pyridine rings is 1. The van der Waals surface area contributed by atoms with Crippen LogP contribution in [0.4, 0.5) is 11.6 Å². The second-order valence-electron chi connectivity index (χ2n) is 14.2. The molecule has 1 aliphatic rings. The molecule has 12 heteroatoms. The van der Waals surface area contributed by atoms with Crippen LogP contribution in [0.2, 0.25) is 0 Å². The average Bonchev–Trinajstić information content (AvgIpc) is 3.61. The Morgan fingerprint density at radius 1 is 0.906 bits per heavy atom. The van der Waals surface area contributed by atoms with Crippen molar-refractivity contribution in [1.82, 2.24) is 29.5 Å². The number of benzene rings is 2. The second-order valence-corrected chi connectivity index (χ2v) is 14.2. The van der Waals surface area contributed by atoms with Crippen LogP contribution in [0.3, 0.4) is 0 Å². The molecule has 0 radical (unpaired) electrons. The number of ether oxygens (including phenoxy) is 3. The Hall–Kier alpha value is -4.94. The first-order valence-electron chi connectivity index (χ1n) is 18.7. The summed E-state index contributed by atoms with van der Waals surface area (Å²) in [5.41, 5.74) is 4.87. The topological polar surface area (TPSA) is 114 Å². The Labute approximate surface area is 313 Å². The maximum Gasteiger partial charge on any atom is 0.336 e. The van der Waals surface area contributed by atoms with Crippen LogP contribution < -0.4 is 24.0 Å². The van der Waals surface area contributed by atoms with Crippen molar-refractivity contribution in [2.24, 2.45) is 5.92 Å². The lowest BCUT2D eigenvalue weighted by Gasteiger charge is -2.34. The molecule has 1 N–H and O–H groups in total. The standard InChI is InChI=1S/C41H54N8O4/c1-7-8-23-53-41-44-40(48(27-31-9-13-34(51-5)14-10-31)28-32-11-15-35(52-6)16-12-32)39-43-26-36(49(39)45-41)37(50)33-24-29(2)38(42-25-33)47-21-18-30(19-22-47)17-20-46(3)4/h9-16,24-26,30,37,50H,7-8,17-23,27-28H2,1-6H3. The maximum absolute atomic E-state index is 11.9. The van der Waals surface area contributed by atoms with E-state index in [1.165, 1.54) is 19.3 Å². The zero-order valence-electron chi connectivity index (χ0n) is 32.0. The van der Waals surface area contributed by atoms with E-state index in [-0.39, 0.29) is 6.01 Å². The molecule has 1 unspecified atom stereocenters. The van der Waals surface area contributed by atoms with Gasteiger partial charge in [0.1, 0.15) is 23.4 Å². The summed E-state index contributed by atoms with van der Waals surface area (Å²) < 4.78 is 18.6. The summed E-state index contributed by atoms with van der Waals surface area (Å²) in [4.78, 5) is 21.4. The zero-order valence-corrected chi connectivity index (χ0v) is 32.0. The molecule has 2 aromatic carbocycles. The van der Waals surface area contributed by atoms with E-state index in [2.05, 4.69) is 42.6 Å². The van der Waals surface area contributed by atoms with Crippen molar-refractivity contribution in [3.05, 3.63) is 94.9 Å². The number of anilines is 2. The number of aromatic nitrogens is 5. The number of nitrogens with zero attached hydrogens (tertiary/aromatic N) is 8. The van der Waals surface area contributed by atoms with Crippen LogP contribution >= 0.6 is 0 Å². The van der Waals surface area contributed by atoms with Crippen molar-refractivity contribution in [2.45, 2.75) is 65.1 Å². The Bertz CT molecular complexity index is 1860. The molecule has 53 heavy (non-hydrogen) atoms. The minimum absolute atomic E-state index is 0.223. The Balaban J connectivity index is 1.32. The summed E-state index contributed by atoms with van der Waals surface area (Å²) in [6.07, 6.45) is 7.84. The van der Waals surface area contributed by atoms with Gasteiger partial charge in [0.05, 0.1) is 32.7 Å². The van der Waals surface area contributed by atoms with Gasteiger partial charge in [0.15, 0.2) is 11.5 Å². The SMILES string of the molecule is CCCCOc1nc(N(Cc2ccc(OC)cc2)Cc2ccc(OC)cc2)c2ncc(C(O)c3cnc(N4CCC(CCN(C)C)CC4)c(C)c3)n2n1. The predicted octanol–water partition coefficient (Wildman–Crippen LogP) is 6.48. The van der Waals surface area contributed by atoms with E-state index in [0.29, 0.717) is 42.4 Å². The quantitative estimate of drug-likeness (QED) is 0.106. The molecule has 5 aromatic rings. The van der Waals surface area contributed by atoms with E-state index in [1.54, 1.807) is 31.1 Å². The Kier molecular flexibility index (Phi) is 12.6. The molecule has 1 fully saturated rings. The average molecular weight is 723 g/mol. The normalized spacial score (nSPS) is 14.2. The summed E-state index contributed by atoms with van der Waals surface area (Å²) in [6, 6.07) is 18.3. The van der Waals surface area contributed by atoms with Gasteiger partial charge in [-0.1, -0.05) is 37.6 Å². The molecule has 0 aliphatic carbocycles. The highest BCUT2D eigenvalue weighted by molar-refractivity contribution is 5.65. The van der Waals surface area contributed by atoms with Gasteiger partial charge < -0.3 is 34.0 Å². The number of unbranched alkanes of at least 4 members (excludes halogenated alkanes) is 1. The summed E-state index contributed by atoms with van der Waals surface area (Å²) in [6.45, 7) is 8.82. The van der Waals surface area contributed by atoms with E-state index < -0.39 is 6.10 Å². The number of methoxy groups -OCH3 is 2. The largest absolute Gasteiger partial charge is 0.497 e. The number of aryl methyl sites for hydroxylation is 1. The van der Waals surface area contributed by atoms with E-state index in [9.17, 15) is 5.11 Å². The van der Waals surface area contributed by atoms with Gasteiger partial charge in [-0.05, 0) is 106 Å². The molecular formula is C41H54N8O4. The first-order chi connectivity index (χ1) is 25.8. The highest BCUT2D eigenvalue weighted by Crippen LogP contribution is 2.32. The predicted molar refractivity (Wildman–Crippen MR) is 208 cm³/mol. The first-order valence-corrected chi connectivity index (χ1v) is 18.7. The third kappa shape index (κ3) is 9.36. The molecule has 0 saturated carbocycles. The second kappa shape index (κ2) is 17.7. The van der Waals surface area contributed by atoms with Crippen LogP contribution in [0.5, 0.6) is 17.5 Å². The van der Waals surface area contributed by atoms with E-state index >= 15 is 0 Å². The van der Waals surface area contributed by atoms with Gasteiger partial charge >= 0.3 is 6.01 Å². The number of piperidine rings is 1. The number of hydrogen-bond acceptors (Lipinski definition) is 11. The Morgan fingerprint density at radius 2 is 1.55 bits per heavy atom. The van der Waals surface area contributed by atoms with Crippen LogP contribution in [0.1, 0.15) is 73.1 Å². The lowest BCUT2D eigenvalue weighted by Crippen LogP contribution is -2.35. The number of imidazole rings is 1. The molecule has 282 valence electrons. The van der Waals surface area contributed by atoms with E-state index in [4.69, 9.17) is 34.3 Å². The summed E-state index contributed by atoms with van der Waals surface area (Å²) in [7, 11) is 7.60. The van der Waals surface area contributed by atoms with Gasteiger partial charge in [0, 0.05) is 37.9 Å². The maximum atomic E-state index is 11.9. The monoisotopic (exact) mass is 722 g/mol. The van der Waals surface area contributed by atoms with Crippen LogP contribution in [-0.4, -0.2) is 89.1 Å². The van der Waals surface area contributed by atoms with E-state index in [0.717, 1.165) is 72.4 Å². The number of aliphatic hydroxyl groups excluding tert-OH is 1. The van der Waals surface area contributed by atoms with Crippen LogP contribution in [0.25, 0.3) is 5.65 Å². The molecular weight excluding hydrogens is 669 g/mol. The highest BCUT2D eigenvalue weighted by Gasteiger charge is 2.26. The third-order valence-electron chi connectivity index (χ3n) is 10.0. The van der Waals surface area contributed by atoms with Crippen molar-refractivity contribution < 1.29 is 19.3 Å². The lowest BCUT2D eigenvalue weighted by atomic mass is 9.93. The molecule has 0 spiro atoms. The summed E-state index contributed by atoms with van der Waals surface area (Å²) in [5, 5.41) is 16.7. The van der Waals surface area contributed by atoms with Crippen molar-refractivity contribution in [3.63, 3.8) is 0 Å². The number of rotatable bonds is 17. The van der Waals surface area contributed by atoms with E-state index in [1.807, 2.05) is 54.6 Å². The zero-order chi connectivity index (χ0) is 37.3. The molecule has 4 heterocycles. The fourth-order valence-electron chi connectivity index (χ4n) is 6.86.